The van der Waals surface area contributed by atoms with Crippen LogP contribution >= 0.6 is 0 Å². The fourth-order valence-electron chi connectivity index (χ4n) is 1.58. The molecule has 1 aliphatic rings. The Balaban J connectivity index is 2.49. The SMILES string of the molecule is CCOC(=O)C1=C(c2ccccc2)OC(=O)C1=O. The standard InChI is InChI=1S/C13H10O5/c1-2-17-12(15)9-10(14)13(16)18-11(9)8-6-4-3-5-7-8/h3-7H,2H2,1H3. The maximum atomic E-state index is 11.7. The fourth-order valence-corrected chi connectivity index (χ4v) is 1.58. The molecule has 5 nitrogen and oxygen atoms in total. The van der Waals surface area contributed by atoms with E-state index in [4.69, 9.17) is 9.47 Å². The lowest BCUT2D eigenvalue weighted by Crippen LogP contribution is -2.17. The van der Waals surface area contributed by atoms with Crippen molar-refractivity contribution in [1.82, 2.24) is 0 Å². The molecule has 0 fully saturated rings. The number of ether oxygens (including phenoxy) is 2. The van der Waals surface area contributed by atoms with Crippen LogP contribution in [0.3, 0.4) is 0 Å². The van der Waals surface area contributed by atoms with Crippen LogP contribution in [-0.4, -0.2) is 24.3 Å². The Morgan fingerprint density at radius 1 is 1.22 bits per heavy atom. The van der Waals surface area contributed by atoms with Crippen molar-refractivity contribution in [2.45, 2.75) is 6.92 Å². The van der Waals surface area contributed by atoms with Gasteiger partial charge in [0.1, 0.15) is 0 Å². The average molecular weight is 246 g/mol. The predicted molar refractivity (Wildman–Crippen MR) is 61.1 cm³/mol. The van der Waals surface area contributed by atoms with Gasteiger partial charge < -0.3 is 9.47 Å². The molecule has 0 N–H and O–H groups in total. The molecule has 0 unspecified atom stereocenters. The van der Waals surface area contributed by atoms with Crippen LogP contribution in [0.25, 0.3) is 5.76 Å². The monoisotopic (exact) mass is 246 g/mol. The molecule has 1 heterocycles. The topological polar surface area (TPSA) is 69.7 Å². The molecule has 0 aromatic heterocycles. The molecule has 1 aromatic carbocycles. The van der Waals surface area contributed by atoms with E-state index < -0.39 is 17.7 Å². The summed E-state index contributed by atoms with van der Waals surface area (Å²) >= 11 is 0. The largest absolute Gasteiger partial charge is 0.462 e. The highest BCUT2D eigenvalue weighted by atomic mass is 16.6. The minimum atomic E-state index is -1.06. The van der Waals surface area contributed by atoms with Crippen molar-refractivity contribution in [3.05, 3.63) is 41.5 Å². The lowest BCUT2D eigenvalue weighted by Gasteiger charge is -2.03. The first kappa shape index (κ1) is 12.0. The van der Waals surface area contributed by atoms with Gasteiger partial charge in [0, 0.05) is 5.56 Å². The summed E-state index contributed by atoms with van der Waals surface area (Å²) in [6.07, 6.45) is 0. The van der Waals surface area contributed by atoms with Crippen LogP contribution < -0.4 is 0 Å². The van der Waals surface area contributed by atoms with E-state index in [-0.39, 0.29) is 17.9 Å². The van der Waals surface area contributed by atoms with E-state index in [1.807, 2.05) is 0 Å². The number of rotatable bonds is 3. The molecule has 0 saturated carbocycles. The van der Waals surface area contributed by atoms with Gasteiger partial charge in [0.25, 0.3) is 5.78 Å². The second-order valence-corrected chi connectivity index (χ2v) is 3.51. The van der Waals surface area contributed by atoms with Crippen molar-refractivity contribution < 1.29 is 23.9 Å². The Hall–Kier alpha value is -2.43. The third-order valence-corrected chi connectivity index (χ3v) is 2.35. The zero-order valence-electron chi connectivity index (χ0n) is 9.64. The first-order valence-electron chi connectivity index (χ1n) is 5.38. The van der Waals surface area contributed by atoms with Gasteiger partial charge in [0.15, 0.2) is 11.3 Å². The second kappa shape index (κ2) is 4.83. The Kier molecular flexibility index (Phi) is 3.23. The third-order valence-electron chi connectivity index (χ3n) is 2.35. The smallest absolute Gasteiger partial charge is 0.385 e. The number of hydrogen-bond donors (Lipinski definition) is 0. The number of carbonyl (C=O) groups excluding carboxylic acids is 3. The first-order chi connectivity index (χ1) is 8.65. The summed E-state index contributed by atoms with van der Waals surface area (Å²) < 4.78 is 9.58. The highest BCUT2D eigenvalue weighted by Crippen LogP contribution is 2.27. The molecule has 0 atom stereocenters. The summed E-state index contributed by atoms with van der Waals surface area (Å²) in [5, 5.41) is 0. The zero-order chi connectivity index (χ0) is 13.1. The van der Waals surface area contributed by atoms with E-state index in [1.54, 1.807) is 37.3 Å². The number of ketones is 1. The van der Waals surface area contributed by atoms with Gasteiger partial charge in [-0.2, -0.15) is 0 Å². The van der Waals surface area contributed by atoms with E-state index in [9.17, 15) is 14.4 Å². The van der Waals surface area contributed by atoms with E-state index in [0.717, 1.165) is 0 Å². The van der Waals surface area contributed by atoms with Crippen LogP contribution in [-0.2, 0) is 23.9 Å². The van der Waals surface area contributed by atoms with Gasteiger partial charge in [-0.1, -0.05) is 30.3 Å². The van der Waals surface area contributed by atoms with Gasteiger partial charge in [-0.05, 0) is 6.92 Å². The van der Waals surface area contributed by atoms with Crippen LogP contribution in [0.5, 0.6) is 0 Å². The van der Waals surface area contributed by atoms with Crippen LogP contribution in [0.2, 0.25) is 0 Å². The minimum Gasteiger partial charge on any atom is -0.462 e. The quantitative estimate of drug-likeness (QED) is 0.453. The van der Waals surface area contributed by atoms with Crippen LogP contribution in [0.15, 0.2) is 35.9 Å². The van der Waals surface area contributed by atoms with Crippen molar-refractivity contribution in [1.29, 1.82) is 0 Å². The first-order valence-corrected chi connectivity index (χ1v) is 5.38. The molecule has 0 saturated heterocycles. The molecule has 2 rings (SSSR count). The minimum absolute atomic E-state index is 0.0379. The number of cyclic esters (lactones) is 1. The molecular weight excluding hydrogens is 236 g/mol. The van der Waals surface area contributed by atoms with E-state index in [0.29, 0.717) is 5.56 Å². The van der Waals surface area contributed by atoms with Crippen molar-refractivity contribution in [3.63, 3.8) is 0 Å². The van der Waals surface area contributed by atoms with Gasteiger partial charge in [0.05, 0.1) is 6.61 Å². The Morgan fingerprint density at radius 2 is 1.89 bits per heavy atom. The molecule has 1 aliphatic heterocycles. The maximum Gasteiger partial charge on any atom is 0.385 e. The Morgan fingerprint density at radius 3 is 2.50 bits per heavy atom. The molecule has 0 bridgehead atoms. The highest BCUT2D eigenvalue weighted by Gasteiger charge is 2.39. The molecular formula is C13H10O5. The van der Waals surface area contributed by atoms with E-state index >= 15 is 0 Å². The average Bonchev–Trinajstić information content (AvgIpc) is 2.67. The molecule has 0 spiro atoms. The van der Waals surface area contributed by atoms with Crippen molar-refractivity contribution in [2.75, 3.05) is 6.61 Å². The maximum absolute atomic E-state index is 11.7. The lowest BCUT2D eigenvalue weighted by molar-refractivity contribution is -0.147. The normalized spacial score (nSPS) is 14.7. The number of benzene rings is 1. The summed E-state index contributed by atoms with van der Waals surface area (Å²) in [5.74, 6) is -2.90. The molecule has 18 heavy (non-hydrogen) atoms. The van der Waals surface area contributed by atoms with Gasteiger partial charge in [0.2, 0.25) is 0 Å². The summed E-state index contributed by atoms with van der Waals surface area (Å²) in [5.41, 5.74) is 0.146. The second-order valence-electron chi connectivity index (χ2n) is 3.51. The van der Waals surface area contributed by atoms with Crippen LogP contribution in [0, 0.1) is 0 Å². The molecule has 0 amide bonds. The molecule has 92 valence electrons. The lowest BCUT2D eigenvalue weighted by atomic mass is 10.1. The van der Waals surface area contributed by atoms with Gasteiger partial charge in [-0.25, -0.2) is 9.59 Å². The van der Waals surface area contributed by atoms with Crippen molar-refractivity contribution >= 4 is 23.5 Å². The summed E-state index contributed by atoms with van der Waals surface area (Å²) in [4.78, 5) is 34.5. The summed E-state index contributed by atoms with van der Waals surface area (Å²) in [7, 11) is 0. The number of carbonyl (C=O) groups is 3. The third kappa shape index (κ3) is 2.02. The number of Topliss-reactive ketones (excluding diaryl/α,β-unsaturated/α-hetero) is 1. The molecule has 0 aliphatic carbocycles. The molecule has 5 heteroatoms. The number of hydrogen-bond acceptors (Lipinski definition) is 5. The van der Waals surface area contributed by atoms with Crippen molar-refractivity contribution in [3.8, 4) is 0 Å². The fraction of sp³-hybridized carbons (Fsp3) is 0.154. The Labute approximate surface area is 103 Å². The van der Waals surface area contributed by atoms with E-state index in [2.05, 4.69) is 0 Å². The van der Waals surface area contributed by atoms with Gasteiger partial charge >= 0.3 is 11.9 Å². The number of esters is 2. The van der Waals surface area contributed by atoms with Gasteiger partial charge in [-0.15, -0.1) is 0 Å². The predicted octanol–water partition coefficient (Wildman–Crippen LogP) is 1.09. The Bertz CT molecular complexity index is 542. The van der Waals surface area contributed by atoms with Crippen LogP contribution in [0.4, 0.5) is 0 Å². The summed E-state index contributed by atoms with van der Waals surface area (Å²) in [6, 6.07) is 8.47. The van der Waals surface area contributed by atoms with E-state index in [1.165, 1.54) is 0 Å². The van der Waals surface area contributed by atoms with Crippen molar-refractivity contribution in [2.24, 2.45) is 0 Å². The van der Waals surface area contributed by atoms with Crippen LogP contribution in [0.1, 0.15) is 12.5 Å². The highest BCUT2D eigenvalue weighted by molar-refractivity contribution is 6.51. The van der Waals surface area contributed by atoms with Gasteiger partial charge in [-0.3, -0.25) is 4.79 Å². The molecule has 0 radical (unpaired) electrons. The zero-order valence-corrected chi connectivity index (χ0v) is 9.64. The summed E-state index contributed by atoms with van der Waals surface area (Å²) in [6.45, 7) is 1.73. The molecule has 1 aromatic rings.